The number of hydrogen-bond donors (Lipinski definition) is 1. The van der Waals surface area contributed by atoms with Crippen LogP contribution in [-0.4, -0.2) is 18.6 Å². The fraction of sp³-hybridized carbons (Fsp3) is 0.462. The van der Waals surface area contributed by atoms with Crippen LogP contribution in [-0.2, 0) is 16.1 Å². The smallest absolute Gasteiger partial charge is 0.223 e. The van der Waals surface area contributed by atoms with E-state index in [1.165, 1.54) is 0 Å². The van der Waals surface area contributed by atoms with Gasteiger partial charge in [-0.3, -0.25) is 4.79 Å². The van der Waals surface area contributed by atoms with Gasteiger partial charge in [0.1, 0.15) is 0 Å². The van der Waals surface area contributed by atoms with E-state index < -0.39 is 5.60 Å². The van der Waals surface area contributed by atoms with Crippen molar-refractivity contribution in [2.24, 2.45) is 0 Å². The molecule has 3 nitrogen and oxygen atoms in total. The Balaban J connectivity index is 2.47. The minimum absolute atomic E-state index is 0.00685. The van der Waals surface area contributed by atoms with Crippen LogP contribution in [0.3, 0.4) is 0 Å². The Hall–Kier alpha value is -0.870. The van der Waals surface area contributed by atoms with Crippen molar-refractivity contribution in [3.05, 3.63) is 34.3 Å². The van der Waals surface area contributed by atoms with E-state index in [0.29, 0.717) is 13.0 Å². The van der Waals surface area contributed by atoms with E-state index in [-0.39, 0.29) is 5.91 Å². The molecule has 0 bridgehead atoms. The lowest BCUT2D eigenvalue weighted by molar-refractivity contribution is -0.126. The Bertz CT molecular complexity index is 391. The van der Waals surface area contributed by atoms with E-state index in [1.54, 1.807) is 7.11 Å². The topological polar surface area (TPSA) is 38.3 Å². The van der Waals surface area contributed by atoms with E-state index in [0.717, 1.165) is 10.0 Å². The Labute approximate surface area is 111 Å². The molecule has 0 aromatic heterocycles. The average Bonchev–Trinajstić information content (AvgIpc) is 2.27. The zero-order chi connectivity index (χ0) is 12.9. The highest BCUT2D eigenvalue weighted by molar-refractivity contribution is 9.10. The first-order valence-corrected chi connectivity index (χ1v) is 6.29. The summed E-state index contributed by atoms with van der Waals surface area (Å²) in [5.74, 6) is -0.00685. The molecule has 1 aromatic rings. The largest absolute Gasteiger partial charge is 0.378 e. The van der Waals surface area contributed by atoms with Gasteiger partial charge in [-0.2, -0.15) is 0 Å². The molecule has 0 saturated carbocycles. The average molecular weight is 300 g/mol. The molecular weight excluding hydrogens is 282 g/mol. The molecular formula is C13H18BrNO2. The number of carbonyl (C=O) groups is 1. The number of carbonyl (C=O) groups excluding carboxylic acids is 1. The Morgan fingerprint density at radius 2 is 2.06 bits per heavy atom. The van der Waals surface area contributed by atoms with Gasteiger partial charge in [-0.15, -0.1) is 0 Å². The molecule has 0 unspecified atom stereocenters. The molecule has 0 fully saturated rings. The zero-order valence-corrected chi connectivity index (χ0v) is 12.0. The number of nitrogens with one attached hydrogen (secondary N) is 1. The first kappa shape index (κ1) is 14.2. The highest BCUT2D eigenvalue weighted by Gasteiger charge is 2.20. The number of methoxy groups -OCH3 is 1. The highest BCUT2D eigenvalue weighted by Crippen LogP contribution is 2.16. The molecule has 0 radical (unpaired) electrons. The van der Waals surface area contributed by atoms with Gasteiger partial charge in [0.2, 0.25) is 5.91 Å². The van der Waals surface area contributed by atoms with Crippen molar-refractivity contribution in [1.82, 2.24) is 5.32 Å². The molecule has 4 heteroatoms. The van der Waals surface area contributed by atoms with Crippen molar-refractivity contribution < 1.29 is 9.53 Å². The molecule has 1 amide bonds. The number of amides is 1. The van der Waals surface area contributed by atoms with E-state index in [4.69, 9.17) is 4.74 Å². The second-order valence-corrected chi connectivity index (χ2v) is 5.36. The molecule has 1 N–H and O–H groups in total. The van der Waals surface area contributed by atoms with Gasteiger partial charge >= 0.3 is 0 Å². The van der Waals surface area contributed by atoms with Gasteiger partial charge in [-0.05, 0) is 25.5 Å². The van der Waals surface area contributed by atoms with Gasteiger partial charge in [-0.1, -0.05) is 34.1 Å². The number of hydrogen-bond acceptors (Lipinski definition) is 2. The van der Waals surface area contributed by atoms with Crippen molar-refractivity contribution in [3.8, 4) is 0 Å². The quantitative estimate of drug-likeness (QED) is 0.908. The fourth-order valence-corrected chi connectivity index (χ4v) is 1.78. The minimum Gasteiger partial charge on any atom is -0.378 e. The van der Waals surface area contributed by atoms with Crippen LogP contribution < -0.4 is 5.32 Å². The summed E-state index contributed by atoms with van der Waals surface area (Å²) in [7, 11) is 1.61. The Morgan fingerprint density at radius 1 is 1.41 bits per heavy atom. The monoisotopic (exact) mass is 299 g/mol. The van der Waals surface area contributed by atoms with Crippen LogP contribution >= 0.6 is 15.9 Å². The fourth-order valence-electron chi connectivity index (χ4n) is 1.36. The van der Waals surface area contributed by atoms with Gasteiger partial charge in [0.15, 0.2) is 0 Å². The van der Waals surface area contributed by atoms with Crippen LogP contribution in [0.4, 0.5) is 0 Å². The molecule has 0 heterocycles. The second-order valence-electron chi connectivity index (χ2n) is 4.51. The van der Waals surface area contributed by atoms with E-state index >= 15 is 0 Å². The van der Waals surface area contributed by atoms with Crippen LogP contribution in [0.25, 0.3) is 0 Å². The van der Waals surface area contributed by atoms with Crippen LogP contribution in [0.1, 0.15) is 25.8 Å². The summed E-state index contributed by atoms with van der Waals surface area (Å²) >= 11 is 3.45. The molecule has 1 rings (SSSR count). The van der Waals surface area contributed by atoms with Crippen LogP contribution in [0.15, 0.2) is 28.7 Å². The lowest BCUT2D eigenvalue weighted by Crippen LogP contribution is -2.33. The maximum absolute atomic E-state index is 11.7. The van der Waals surface area contributed by atoms with Crippen molar-refractivity contribution in [1.29, 1.82) is 0 Å². The van der Waals surface area contributed by atoms with Crippen molar-refractivity contribution in [2.75, 3.05) is 7.11 Å². The lowest BCUT2D eigenvalue weighted by atomic mass is 10.0. The normalized spacial score (nSPS) is 11.3. The Kier molecular flexibility index (Phi) is 5.15. The maximum atomic E-state index is 11.7. The van der Waals surface area contributed by atoms with Gasteiger partial charge in [0, 0.05) is 18.1 Å². The van der Waals surface area contributed by atoms with Crippen molar-refractivity contribution >= 4 is 21.8 Å². The summed E-state index contributed by atoms with van der Waals surface area (Å²) in [4.78, 5) is 11.7. The zero-order valence-electron chi connectivity index (χ0n) is 10.4. The lowest BCUT2D eigenvalue weighted by Gasteiger charge is -2.22. The SMILES string of the molecule is COC(C)(C)CC(=O)NCc1ccccc1Br. The summed E-state index contributed by atoms with van der Waals surface area (Å²) < 4.78 is 6.22. The highest BCUT2D eigenvalue weighted by atomic mass is 79.9. The molecule has 1 aromatic carbocycles. The number of halogens is 1. The molecule has 0 aliphatic rings. The van der Waals surface area contributed by atoms with E-state index in [1.807, 2.05) is 38.1 Å². The maximum Gasteiger partial charge on any atom is 0.223 e. The third-order valence-electron chi connectivity index (χ3n) is 2.57. The summed E-state index contributed by atoms with van der Waals surface area (Å²) in [6, 6.07) is 7.83. The first-order valence-electron chi connectivity index (χ1n) is 5.50. The van der Waals surface area contributed by atoms with E-state index in [9.17, 15) is 4.79 Å². The predicted octanol–water partition coefficient (Wildman–Crippen LogP) is 2.88. The van der Waals surface area contributed by atoms with Gasteiger partial charge < -0.3 is 10.1 Å². The molecule has 0 aliphatic heterocycles. The summed E-state index contributed by atoms with van der Waals surface area (Å²) in [5, 5.41) is 2.88. The van der Waals surface area contributed by atoms with Crippen LogP contribution in [0.2, 0.25) is 0 Å². The molecule has 94 valence electrons. The molecule has 0 spiro atoms. The van der Waals surface area contributed by atoms with Crippen molar-refractivity contribution in [3.63, 3.8) is 0 Å². The summed E-state index contributed by atoms with van der Waals surface area (Å²) in [6.45, 7) is 4.32. The van der Waals surface area contributed by atoms with Gasteiger partial charge in [0.05, 0.1) is 12.0 Å². The van der Waals surface area contributed by atoms with Crippen molar-refractivity contribution in [2.45, 2.75) is 32.4 Å². The number of ether oxygens (including phenoxy) is 1. The van der Waals surface area contributed by atoms with Gasteiger partial charge in [0.25, 0.3) is 0 Å². The summed E-state index contributed by atoms with van der Waals surface area (Å²) in [6.07, 6.45) is 0.355. The third-order valence-corrected chi connectivity index (χ3v) is 3.35. The number of benzene rings is 1. The predicted molar refractivity (Wildman–Crippen MR) is 71.7 cm³/mol. The van der Waals surface area contributed by atoms with Crippen LogP contribution in [0.5, 0.6) is 0 Å². The summed E-state index contributed by atoms with van der Waals surface area (Å²) in [5.41, 5.74) is 0.647. The Morgan fingerprint density at radius 3 is 2.65 bits per heavy atom. The molecule has 0 atom stereocenters. The molecule has 0 saturated heterocycles. The second kappa shape index (κ2) is 6.17. The third kappa shape index (κ3) is 4.88. The minimum atomic E-state index is -0.419. The van der Waals surface area contributed by atoms with E-state index in [2.05, 4.69) is 21.2 Å². The number of rotatable bonds is 5. The standard InChI is InChI=1S/C13H18BrNO2/c1-13(2,17-3)8-12(16)15-9-10-6-4-5-7-11(10)14/h4-7H,8-9H2,1-3H3,(H,15,16). The first-order chi connectivity index (χ1) is 7.94. The van der Waals surface area contributed by atoms with Gasteiger partial charge in [-0.25, -0.2) is 0 Å². The molecule has 17 heavy (non-hydrogen) atoms. The molecule has 0 aliphatic carbocycles. The van der Waals surface area contributed by atoms with Crippen LogP contribution in [0, 0.1) is 0 Å².